The molecule has 1 fully saturated rings. The molecule has 0 aliphatic carbocycles. The van der Waals surface area contributed by atoms with Gasteiger partial charge in [-0.15, -0.1) is 0 Å². The first-order valence-electron chi connectivity index (χ1n) is 7.69. The molecule has 3 rings (SSSR count). The molecule has 0 unspecified atom stereocenters. The van der Waals surface area contributed by atoms with Gasteiger partial charge in [0.1, 0.15) is 5.75 Å². The minimum Gasteiger partial charge on any atom is -0.497 e. The maximum absolute atomic E-state index is 12.3. The number of imide groups is 1. The van der Waals surface area contributed by atoms with Crippen molar-refractivity contribution in [3.8, 4) is 5.75 Å². The molecule has 1 aliphatic heterocycles. The molecule has 1 aliphatic rings. The number of hydrogen-bond acceptors (Lipinski definition) is 4. The van der Waals surface area contributed by atoms with E-state index < -0.39 is 6.03 Å². The quantitative estimate of drug-likeness (QED) is 0.816. The molecule has 7 nitrogen and oxygen atoms in total. The monoisotopic (exact) mass is 339 g/mol. The van der Waals surface area contributed by atoms with E-state index in [1.165, 1.54) is 0 Å². The molecule has 4 amide bonds. The topological polar surface area (TPSA) is 87.7 Å². The van der Waals surface area contributed by atoms with E-state index in [4.69, 9.17) is 4.74 Å². The van der Waals surface area contributed by atoms with Crippen LogP contribution in [0.15, 0.2) is 48.5 Å². The summed E-state index contributed by atoms with van der Waals surface area (Å²) < 4.78 is 5.12. The molecule has 0 spiro atoms. The number of urea groups is 1. The number of ether oxygens (including phenoxy) is 1. The number of amides is 4. The van der Waals surface area contributed by atoms with Crippen molar-refractivity contribution in [2.45, 2.75) is 6.54 Å². The summed E-state index contributed by atoms with van der Waals surface area (Å²) in [5.74, 6) is 0.140. The number of nitrogens with zero attached hydrogens (tertiary/aromatic N) is 1. The molecule has 0 atom stereocenters. The maximum Gasteiger partial charge on any atom is 0.324 e. The van der Waals surface area contributed by atoms with Crippen LogP contribution >= 0.6 is 0 Å². The normalized spacial score (nSPS) is 13.6. The Bertz CT molecular complexity index is 801. The molecule has 1 saturated heterocycles. The number of hydrogen-bond donors (Lipinski definition) is 2. The second kappa shape index (κ2) is 7.04. The Morgan fingerprint density at radius 3 is 2.60 bits per heavy atom. The zero-order chi connectivity index (χ0) is 17.8. The van der Waals surface area contributed by atoms with Crippen LogP contribution in [0.5, 0.6) is 5.75 Å². The Balaban J connectivity index is 1.66. The van der Waals surface area contributed by atoms with Gasteiger partial charge in [-0.2, -0.15) is 0 Å². The van der Waals surface area contributed by atoms with Gasteiger partial charge >= 0.3 is 6.03 Å². The summed E-state index contributed by atoms with van der Waals surface area (Å²) in [7, 11) is 1.56. The number of anilines is 1. The lowest BCUT2D eigenvalue weighted by Crippen LogP contribution is -2.30. The summed E-state index contributed by atoms with van der Waals surface area (Å²) in [6, 6.07) is 13.4. The average molecular weight is 339 g/mol. The largest absolute Gasteiger partial charge is 0.497 e. The molecule has 2 N–H and O–H groups in total. The van der Waals surface area contributed by atoms with Crippen molar-refractivity contribution >= 4 is 23.5 Å². The zero-order valence-electron chi connectivity index (χ0n) is 13.6. The highest BCUT2D eigenvalue weighted by Crippen LogP contribution is 2.18. The third-order valence-corrected chi connectivity index (χ3v) is 3.82. The van der Waals surface area contributed by atoms with E-state index in [0.29, 0.717) is 17.0 Å². The fourth-order valence-electron chi connectivity index (χ4n) is 2.46. The number of carbonyl (C=O) groups is 3. The van der Waals surface area contributed by atoms with Gasteiger partial charge in [0, 0.05) is 17.3 Å². The highest BCUT2D eigenvalue weighted by Gasteiger charge is 2.28. The minimum absolute atomic E-state index is 0.0276. The van der Waals surface area contributed by atoms with Crippen LogP contribution in [0.3, 0.4) is 0 Å². The second-order valence-corrected chi connectivity index (χ2v) is 5.52. The van der Waals surface area contributed by atoms with Gasteiger partial charge < -0.3 is 15.4 Å². The molecule has 2 aromatic carbocycles. The van der Waals surface area contributed by atoms with Gasteiger partial charge in [0.2, 0.25) is 5.91 Å². The number of nitrogens with one attached hydrogen (secondary N) is 2. The van der Waals surface area contributed by atoms with Gasteiger partial charge in [-0.05, 0) is 29.8 Å². The van der Waals surface area contributed by atoms with Gasteiger partial charge in [-0.3, -0.25) is 14.5 Å². The second-order valence-electron chi connectivity index (χ2n) is 5.52. The van der Waals surface area contributed by atoms with Gasteiger partial charge in [-0.1, -0.05) is 18.2 Å². The molecule has 7 heteroatoms. The highest BCUT2D eigenvalue weighted by molar-refractivity contribution is 6.04. The molecule has 0 saturated carbocycles. The lowest BCUT2D eigenvalue weighted by molar-refractivity contribution is -0.125. The standard InChI is InChI=1S/C18H17N3O4/c1-25-15-4-2-3-14(9-15)20-17(23)13-7-5-12(6-8-13)11-21-16(22)10-19-18(21)24/h2-9H,10-11H2,1H3,(H,19,24)(H,20,23). The molecule has 2 aromatic rings. The van der Waals surface area contributed by atoms with Gasteiger partial charge in [0.15, 0.2) is 0 Å². The lowest BCUT2D eigenvalue weighted by Gasteiger charge is -2.12. The predicted molar refractivity (Wildman–Crippen MR) is 91.3 cm³/mol. The van der Waals surface area contributed by atoms with E-state index in [2.05, 4.69) is 10.6 Å². The van der Waals surface area contributed by atoms with Crippen molar-refractivity contribution in [1.82, 2.24) is 10.2 Å². The molecule has 1 heterocycles. The molecular weight excluding hydrogens is 322 g/mol. The smallest absolute Gasteiger partial charge is 0.324 e. The summed E-state index contributed by atoms with van der Waals surface area (Å²) in [5, 5.41) is 5.26. The van der Waals surface area contributed by atoms with E-state index in [9.17, 15) is 14.4 Å². The van der Waals surface area contributed by atoms with Crippen molar-refractivity contribution in [3.05, 3.63) is 59.7 Å². The van der Waals surface area contributed by atoms with Gasteiger partial charge in [0.05, 0.1) is 20.2 Å². The Labute approximate surface area is 144 Å². The average Bonchev–Trinajstić information content (AvgIpc) is 2.94. The van der Waals surface area contributed by atoms with E-state index in [1.807, 2.05) is 0 Å². The molecule has 0 bridgehead atoms. The zero-order valence-corrected chi connectivity index (χ0v) is 13.6. The summed E-state index contributed by atoms with van der Waals surface area (Å²) in [4.78, 5) is 36.6. The maximum atomic E-state index is 12.3. The van der Waals surface area contributed by atoms with E-state index in [1.54, 1.807) is 55.6 Å². The number of methoxy groups -OCH3 is 1. The van der Waals surface area contributed by atoms with Crippen molar-refractivity contribution in [1.29, 1.82) is 0 Å². The Hall–Kier alpha value is -3.35. The van der Waals surface area contributed by atoms with Crippen molar-refractivity contribution in [3.63, 3.8) is 0 Å². The fourth-order valence-corrected chi connectivity index (χ4v) is 2.46. The number of benzene rings is 2. The van der Waals surface area contributed by atoms with Gasteiger partial charge in [0.25, 0.3) is 5.91 Å². The third kappa shape index (κ3) is 3.77. The third-order valence-electron chi connectivity index (χ3n) is 3.82. The van der Waals surface area contributed by atoms with Crippen LogP contribution < -0.4 is 15.4 Å². The van der Waals surface area contributed by atoms with Gasteiger partial charge in [-0.25, -0.2) is 4.79 Å². The Morgan fingerprint density at radius 2 is 1.96 bits per heavy atom. The molecule has 0 radical (unpaired) electrons. The molecule has 128 valence electrons. The van der Waals surface area contributed by atoms with E-state index in [0.717, 1.165) is 10.5 Å². The van der Waals surface area contributed by atoms with Crippen LogP contribution in [0.1, 0.15) is 15.9 Å². The van der Waals surface area contributed by atoms with Crippen LogP contribution in [0.2, 0.25) is 0 Å². The number of rotatable bonds is 5. The Kier molecular flexibility index (Phi) is 4.65. The lowest BCUT2D eigenvalue weighted by atomic mass is 10.1. The highest BCUT2D eigenvalue weighted by atomic mass is 16.5. The molecular formula is C18H17N3O4. The van der Waals surface area contributed by atoms with Crippen molar-refractivity contribution in [2.24, 2.45) is 0 Å². The Morgan fingerprint density at radius 1 is 1.20 bits per heavy atom. The summed E-state index contributed by atoms with van der Waals surface area (Å²) in [6.07, 6.45) is 0. The van der Waals surface area contributed by atoms with Crippen LogP contribution in [0.4, 0.5) is 10.5 Å². The van der Waals surface area contributed by atoms with E-state index in [-0.39, 0.29) is 24.9 Å². The predicted octanol–water partition coefficient (Wildman–Crippen LogP) is 2.00. The van der Waals surface area contributed by atoms with Crippen LogP contribution in [-0.4, -0.2) is 36.4 Å². The molecule has 25 heavy (non-hydrogen) atoms. The summed E-state index contributed by atoms with van der Waals surface area (Å²) >= 11 is 0. The minimum atomic E-state index is -0.398. The molecule has 0 aromatic heterocycles. The first-order chi connectivity index (χ1) is 12.1. The van der Waals surface area contributed by atoms with Crippen LogP contribution in [-0.2, 0) is 11.3 Å². The summed E-state index contributed by atoms with van der Waals surface area (Å²) in [5.41, 5.74) is 1.87. The van der Waals surface area contributed by atoms with Crippen LogP contribution in [0.25, 0.3) is 0 Å². The van der Waals surface area contributed by atoms with Crippen molar-refractivity contribution in [2.75, 3.05) is 19.0 Å². The first-order valence-corrected chi connectivity index (χ1v) is 7.69. The fraction of sp³-hybridized carbons (Fsp3) is 0.167. The van der Waals surface area contributed by atoms with Crippen LogP contribution in [0, 0.1) is 0 Å². The summed E-state index contributed by atoms with van der Waals surface area (Å²) in [6.45, 7) is 0.211. The number of carbonyl (C=O) groups excluding carboxylic acids is 3. The van der Waals surface area contributed by atoms with E-state index >= 15 is 0 Å². The first kappa shape index (κ1) is 16.5. The SMILES string of the molecule is COc1cccc(NC(=O)c2ccc(CN3C(=O)CNC3=O)cc2)c1. The van der Waals surface area contributed by atoms with Crippen molar-refractivity contribution < 1.29 is 19.1 Å².